The SMILES string of the molecule is COC(=O)C(N)Cc1ccc(OCC2CN(CCN3CCNCC3)C(=O)O2)cc1. The lowest BCUT2D eigenvalue weighted by Gasteiger charge is -2.28. The van der Waals surface area contributed by atoms with E-state index in [4.69, 9.17) is 15.2 Å². The van der Waals surface area contributed by atoms with Crippen LogP contribution in [0.1, 0.15) is 5.56 Å². The van der Waals surface area contributed by atoms with E-state index in [0.717, 1.165) is 38.3 Å². The Morgan fingerprint density at radius 2 is 2.00 bits per heavy atom. The van der Waals surface area contributed by atoms with Crippen LogP contribution >= 0.6 is 0 Å². The number of amides is 1. The van der Waals surface area contributed by atoms with Crippen LogP contribution in [0, 0.1) is 0 Å². The fourth-order valence-corrected chi connectivity index (χ4v) is 3.44. The summed E-state index contributed by atoms with van der Waals surface area (Å²) in [6.07, 6.45) is -0.159. The van der Waals surface area contributed by atoms with Gasteiger partial charge in [-0.1, -0.05) is 12.1 Å². The number of methoxy groups -OCH3 is 1. The van der Waals surface area contributed by atoms with Gasteiger partial charge in [0, 0.05) is 39.3 Å². The molecule has 2 atom stereocenters. The molecule has 0 saturated carbocycles. The van der Waals surface area contributed by atoms with Crippen LogP contribution in [0.15, 0.2) is 24.3 Å². The highest BCUT2D eigenvalue weighted by molar-refractivity contribution is 5.75. The lowest BCUT2D eigenvalue weighted by atomic mass is 10.1. The second kappa shape index (κ2) is 10.4. The lowest BCUT2D eigenvalue weighted by molar-refractivity contribution is -0.142. The van der Waals surface area contributed by atoms with Crippen molar-refractivity contribution in [3.63, 3.8) is 0 Å². The molecule has 2 heterocycles. The number of ether oxygens (including phenoxy) is 3. The molecule has 2 fully saturated rings. The number of benzene rings is 1. The summed E-state index contributed by atoms with van der Waals surface area (Å²) in [5.74, 6) is 0.241. The zero-order valence-corrected chi connectivity index (χ0v) is 16.8. The molecule has 1 aromatic carbocycles. The van der Waals surface area contributed by atoms with Gasteiger partial charge in [0.25, 0.3) is 0 Å². The summed E-state index contributed by atoms with van der Waals surface area (Å²) in [4.78, 5) is 27.6. The Hall–Kier alpha value is -2.36. The third kappa shape index (κ3) is 6.31. The molecule has 1 aromatic rings. The van der Waals surface area contributed by atoms with Gasteiger partial charge < -0.3 is 30.2 Å². The van der Waals surface area contributed by atoms with Crippen LogP contribution in [0.3, 0.4) is 0 Å². The maximum Gasteiger partial charge on any atom is 0.410 e. The molecule has 2 aliphatic heterocycles. The van der Waals surface area contributed by atoms with Crippen molar-refractivity contribution >= 4 is 12.1 Å². The van der Waals surface area contributed by atoms with E-state index >= 15 is 0 Å². The number of rotatable bonds is 9. The summed E-state index contributed by atoms with van der Waals surface area (Å²) < 4.78 is 15.8. The summed E-state index contributed by atoms with van der Waals surface area (Å²) in [6.45, 7) is 6.38. The summed E-state index contributed by atoms with van der Waals surface area (Å²) >= 11 is 0. The number of nitrogens with zero attached hydrogens (tertiary/aromatic N) is 2. The first-order valence-corrected chi connectivity index (χ1v) is 9.99. The fraction of sp³-hybridized carbons (Fsp3) is 0.600. The summed E-state index contributed by atoms with van der Waals surface area (Å²) in [6, 6.07) is 6.67. The minimum Gasteiger partial charge on any atom is -0.490 e. The number of piperazine rings is 1. The molecule has 0 radical (unpaired) electrons. The Bertz CT molecular complexity index is 678. The highest BCUT2D eigenvalue weighted by Gasteiger charge is 2.31. The number of hydrogen-bond donors (Lipinski definition) is 2. The van der Waals surface area contributed by atoms with Gasteiger partial charge >= 0.3 is 12.1 Å². The topological polar surface area (TPSA) is 106 Å². The van der Waals surface area contributed by atoms with Crippen molar-refractivity contribution < 1.29 is 23.8 Å². The Kier molecular flexibility index (Phi) is 7.68. The molecule has 0 bridgehead atoms. The molecule has 0 spiro atoms. The Morgan fingerprint density at radius 1 is 1.28 bits per heavy atom. The summed E-state index contributed by atoms with van der Waals surface area (Å²) in [5, 5.41) is 3.32. The Labute approximate surface area is 171 Å². The summed E-state index contributed by atoms with van der Waals surface area (Å²) in [7, 11) is 1.32. The van der Waals surface area contributed by atoms with Crippen LogP contribution in [0.4, 0.5) is 4.79 Å². The third-order valence-corrected chi connectivity index (χ3v) is 5.16. The number of hydrogen-bond acceptors (Lipinski definition) is 8. The van der Waals surface area contributed by atoms with Crippen molar-refractivity contribution in [2.24, 2.45) is 5.73 Å². The van der Waals surface area contributed by atoms with Gasteiger partial charge in [0.2, 0.25) is 0 Å². The molecule has 2 aliphatic rings. The minimum absolute atomic E-state index is 0.277. The molecular weight excluding hydrogens is 376 g/mol. The van der Waals surface area contributed by atoms with E-state index in [1.165, 1.54) is 7.11 Å². The standard InChI is InChI=1S/C20H30N4O5/c1-27-19(25)18(21)12-15-2-4-16(5-3-15)28-14-17-13-24(20(26)29-17)11-10-23-8-6-22-7-9-23/h2-5,17-18,22H,6-14,21H2,1H3. The van der Waals surface area contributed by atoms with Gasteiger partial charge in [0.15, 0.2) is 6.10 Å². The van der Waals surface area contributed by atoms with Crippen LogP contribution in [0.25, 0.3) is 0 Å². The van der Waals surface area contributed by atoms with Crippen LogP contribution in [-0.2, 0) is 20.7 Å². The predicted octanol–water partition coefficient (Wildman–Crippen LogP) is -0.166. The molecule has 0 aromatic heterocycles. The molecule has 9 nitrogen and oxygen atoms in total. The second-order valence-corrected chi connectivity index (χ2v) is 7.33. The first-order valence-electron chi connectivity index (χ1n) is 9.99. The van der Waals surface area contributed by atoms with Gasteiger partial charge in [-0.15, -0.1) is 0 Å². The van der Waals surface area contributed by atoms with E-state index in [2.05, 4.69) is 15.0 Å². The zero-order chi connectivity index (χ0) is 20.6. The molecule has 3 N–H and O–H groups in total. The number of carbonyl (C=O) groups is 2. The normalized spacial score (nSPS) is 21.0. The predicted molar refractivity (Wildman–Crippen MR) is 107 cm³/mol. The average Bonchev–Trinajstić information content (AvgIpc) is 3.11. The average molecular weight is 406 g/mol. The van der Waals surface area contributed by atoms with E-state index in [1.54, 1.807) is 4.90 Å². The van der Waals surface area contributed by atoms with E-state index in [9.17, 15) is 9.59 Å². The highest BCUT2D eigenvalue weighted by Crippen LogP contribution is 2.17. The second-order valence-electron chi connectivity index (χ2n) is 7.33. The van der Waals surface area contributed by atoms with E-state index < -0.39 is 12.0 Å². The molecule has 0 aliphatic carbocycles. The van der Waals surface area contributed by atoms with Crippen molar-refractivity contribution in [2.45, 2.75) is 18.6 Å². The minimum atomic E-state index is -0.683. The van der Waals surface area contributed by atoms with E-state index in [-0.39, 0.29) is 12.2 Å². The van der Waals surface area contributed by atoms with Gasteiger partial charge in [0.05, 0.1) is 13.7 Å². The van der Waals surface area contributed by atoms with E-state index in [0.29, 0.717) is 31.9 Å². The molecular formula is C20H30N4O5. The number of carbonyl (C=O) groups excluding carboxylic acids is 2. The lowest BCUT2D eigenvalue weighted by Crippen LogP contribution is -2.46. The third-order valence-electron chi connectivity index (χ3n) is 5.16. The van der Waals surface area contributed by atoms with Crippen molar-refractivity contribution in [1.29, 1.82) is 0 Å². The molecule has 1 amide bonds. The van der Waals surface area contributed by atoms with Gasteiger partial charge in [-0.25, -0.2) is 4.79 Å². The molecule has 160 valence electrons. The molecule has 2 unspecified atom stereocenters. The molecule has 2 saturated heterocycles. The first-order chi connectivity index (χ1) is 14.0. The van der Waals surface area contributed by atoms with Gasteiger partial charge in [-0.3, -0.25) is 9.69 Å². The van der Waals surface area contributed by atoms with Gasteiger partial charge in [-0.05, 0) is 24.1 Å². The van der Waals surface area contributed by atoms with Crippen LogP contribution in [0.2, 0.25) is 0 Å². The monoisotopic (exact) mass is 406 g/mol. The number of esters is 1. The van der Waals surface area contributed by atoms with Crippen molar-refractivity contribution in [1.82, 2.24) is 15.1 Å². The first kappa shape index (κ1) is 21.4. The Balaban J connectivity index is 1.39. The Morgan fingerprint density at radius 3 is 2.69 bits per heavy atom. The number of nitrogens with one attached hydrogen (secondary N) is 1. The zero-order valence-electron chi connectivity index (χ0n) is 16.8. The maximum absolute atomic E-state index is 12.1. The van der Waals surface area contributed by atoms with Crippen LogP contribution in [-0.4, -0.2) is 93.5 Å². The van der Waals surface area contributed by atoms with Gasteiger partial charge in [0.1, 0.15) is 18.4 Å². The number of nitrogens with two attached hydrogens (primary N) is 1. The van der Waals surface area contributed by atoms with Crippen molar-refractivity contribution in [3.8, 4) is 5.75 Å². The van der Waals surface area contributed by atoms with Crippen molar-refractivity contribution in [3.05, 3.63) is 29.8 Å². The molecule has 9 heteroatoms. The number of cyclic esters (lactones) is 1. The fourth-order valence-electron chi connectivity index (χ4n) is 3.44. The quantitative estimate of drug-likeness (QED) is 0.545. The van der Waals surface area contributed by atoms with Crippen LogP contribution < -0.4 is 15.8 Å². The van der Waals surface area contributed by atoms with Crippen molar-refractivity contribution in [2.75, 3.05) is 59.5 Å². The largest absolute Gasteiger partial charge is 0.490 e. The summed E-state index contributed by atoms with van der Waals surface area (Å²) in [5.41, 5.74) is 6.69. The molecule has 3 rings (SSSR count). The van der Waals surface area contributed by atoms with E-state index in [1.807, 2.05) is 24.3 Å². The van der Waals surface area contributed by atoms with Crippen LogP contribution in [0.5, 0.6) is 5.75 Å². The molecule has 29 heavy (non-hydrogen) atoms. The maximum atomic E-state index is 12.1. The smallest absolute Gasteiger partial charge is 0.410 e. The van der Waals surface area contributed by atoms with Gasteiger partial charge in [-0.2, -0.15) is 0 Å². The highest BCUT2D eigenvalue weighted by atomic mass is 16.6.